The molecular formula is C16H21N5O2. The lowest BCUT2D eigenvalue weighted by Gasteiger charge is -2.35. The molecule has 1 atom stereocenters. The molecule has 2 saturated heterocycles. The highest BCUT2D eigenvalue weighted by Gasteiger charge is 2.31. The molecule has 122 valence electrons. The molecule has 1 unspecified atom stereocenters. The summed E-state index contributed by atoms with van der Waals surface area (Å²) >= 11 is 0. The molecule has 7 nitrogen and oxygen atoms in total. The normalized spacial score (nSPS) is 22.0. The van der Waals surface area contributed by atoms with Gasteiger partial charge in [-0.1, -0.05) is 6.07 Å². The topological polar surface area (TPSA) is 63.0 Å². The molecule has 2 aromatic heterocycles. The Bertz CT molecular complexity index is 714. The summed E-state index contributed by atoms with van der Waals surface area (Å²) in [4.78, 5) is 16.5. The number of hydrogen-bond donors (Lipinski definition) is 0. The Balaban J connectivity index is 1.47. The van der Waals surface area contributed by atoms with Gasteiger partial charge in [-0.2, -0.15) is 0 Å². The molecule has 2 aliphatic rings. The standard InChI is InChI=1S/C16H21N5O2/c1-12-4-2-6-14-17-18-16(21(12)14)20-9-7-19(8-10-20)15(22)13-5-3-11-23-13/h2,4,6,13H,3,5,7-11H2,1H3. The average Bonchev–Trinajstić information content (AvgIpc) is 3.25. The van der Waals surface area contributed by atoms with Crippen LogP contribution in [0.4, 0.5) is 5.95 Å². The Kier molecular flexibility index (Phi) is 3.65. The van der Waals surface area contributed by atoms with Gasteiger partial charge in [0.15, 0.2) is 5.65 Å². The first-order valence-corrected chi connectivity index (χ1v) is 8.20. The van der Waals surface area contributed by atoms with Crippen LogP contribution in [0.2, 0.25) is 0 Å². The molecule has 4 heterocycles. The number of piperazine rings is 1. The van der Waals surface area contributed by atoms with Gasteiger partial charge in [-0.25, -0.2) is 0 Å². The highest BCUT2D eigenvalue weighted by atomic mass is 16.5. The Morgan fingerprint density at radius 1 is 1.22 bits per heavy atom. The van der Waals surface area contributed by atoms with Crippen molar-refractivity contribution in [3.05, 3.63) is 23.9 Å². The Hall–Kier alpha value is -2.15. The molecule has 0 bridgehead atoms. The van der Waals surface area contributed by atoms with Gasteiger partial charge < -0.3 is 14.5 Å². The van der Waals surface area contributed by atoms with Crippen LogP contribution >= 0.6 is 0 Å². The lowest BCUT2D eigenvalue weighted by atomic mass is 10.2. The zero-order chi connectivity index (χ0) is 15.8. The van der Waals surface area contributed by atoms with Crippen LogP contribution in [0, 0.1) is 6.92 Å². The summed E-state index contributed by atoms with van der Waals surface area (Å²) < 4.78 is 7.58. The van der Waals surface area contributed by atoms with E-state index in [1.165, 1.54) is 0 Å². The van der Waals surface area contributed by atoms with Crippen molar-refractivity contribution >= 4 is 17.5 Å². The zero-order valence-corrected chi connectivity index (χ0v) is 13.3. The number of pyridine rings is 1. The van der Waals surface area contributed by atoms with Crippen LogP contribution in [0.1, 0.15) is 18.5 Å². The van der Waals surface area contributed by atoms with Gasteiger partial charge in [-0.05, 0) is 31.9 Å². The molecule has 0 radical (unpaired) electrons. The van der Waals surface area contributed by atoms with E-state index in [1.807, 2.05) is 17.0 Å². The Morgan fingerprint density at radius 3 is 2.78 bits per heavy atom. The Morgan fingerprint density at radius 2 is 2.04 bits per heavy atom. The quantitative estimate of drug-likeness (QED) is 0.823. The van der Waals surface area contributed by atoms with Crippen LogP contribution in [0.25, 0.3) is 5.65 Å². The number of carbonyl (C=O) groups is 1. The number of aryl methyl sites for hydroxylation is 1. The molecule has 0 saturated carbocycles. The van der Waals surface area contributed by atoms with Crippen LogP contribution < -0.4 is 4.90 Å². The van der Waals surface area contributed by atoms with Gasteiger partial charge in [-0.3, -0.25) is 9.20 Å². The van der Waals surface area contributed by atoms with E-state index >= 15 is 0 Å². The van der Waals surface area contributed by atoms with E-state index in [0.29, 0.717) is 19.7 Å². The van der Waals surface area contributed by atoms with Crippen molar-refractivity contribution in [1.29, 1.82) is 0 Å². The second kappa shape index (κ2) is 5.81. The van der Waals surface area contributed by atoms with E-state index in [4.69, 9.17) is 4.74 Å². The fourth-order valence-electron chi connectivity index (χ4n) is 3.39. The molecule has 0 spiro atoms. The first kappa shape index (κ1) is 14.4. The van der Waals surface area contributed by atoms with Gasteiger partial charge in [0.2, 0.25) is 5.95 Å². The van der Waals surface area contributed by atoms with Crippen LogP contribution in [0.5, 0.6) is 0 Å². The second-order valence-electron chi connectivity index (χ2n) is 6.17. The summed E-state index contributed by atoms with van der Waals surface area (Å²) in [6.07, 6.45) is 1.62. The van der Waals surface area contributed by atoms with Crippen molar-refractivity contribution in [3.8, 4) is 0 Å². The van der Waals surface area contributed by atoms with E-state index in [2.05, 4.69) is 32.5 Å². The summed E-state index contributed by atoms with van der Waals surface area (Å²) in [5.74, 6) is 1.01. The van der Waals surface area contributed by atoms with E-state index in [1.54, 1.807) is 0 Å². The second-order valence-corrected chi connectivity index (χ2v) is 6.17. The van der Waals surface area contributed by atoms with Crippen LogP contribution in [0.3, 0.4) is 0 Å². The fourth-order valence-corrected chi connectivity index (χ4v) is 3.39. The molecule has 0 aliphatic carbocycles. The predicted octanol–water partition coefficient (Wildman–Crippen LogP) is 0.865. The van der Waals surface area contributed by atoms with Gasteiger partial charge >= 0.3 is 0 Å². The number of carbonyl (C=O) groups excluding carboxylic acids is 1. The molecule has 2 aliphatic heterocycles. The van der Waals surface area contributed by atoms with Crippen molar-refractivity contribution in [2.24, 2.45) is 0 Å². The molecule has 1 amide bonds. The minimum absolute atomic E-state index is 0.143. The van der Waals surface area contributed by atoms with E-state index in [0.717, 1.165) is 43.2 Å². The van der Waals surface area contributed by atoms with Crippen LogP contribution in [-0.2, 0) is 9.53 Å². The molecule has 23 heavy (non-hydrogen) atoms. The van der Waals surface area contributed by atoms with E-state index in [9.17, 15) is 4.79 Å². The highest BCUT2D eigenvalue weighted by molar-refractivity contribution is 5.81. The number of nitrogens with zero attached hydrogens (tertiary/aromatic N) is 5. The molecule has 4 rings (SSSR count). The lowest BCUT2D eigenvalue weighted by Crippen LogP contribution is -2.51. The van der Waals surface area contributed by atoms with Gasteiger partial charge in [0, 0.05) is 38.5 Å². The SMILES string of the molecule is Cc1cccc2nnc(N3CCN(C(=O)C4CCCO4)CC3)n12. The van der Waals surface area contributed by atoms with Crippen molar-refractivity contribution in [1.82, 2.24) is 19.5 Å². The summed E-state index contributed by atoms with van der Waals surface area (Å²) in [6.45, 7) is 5.72. The minimum Gasteiger partial charge on any atom is -0.368 e. The van der Waals surface area contributed by atoms with Crippen LogP contribution in [0.15, 0.2) is 18.2 Å². The summed E-state index contributed by atoms with van der Waals surface area (Å²) in [5.41, 5.74) is 1.97. The number of fused-ring (bicyclic) bond motifs is 1. The molecule has 2 fully saturated rings. The number of hydrogen-bond acceptors (Lipinski definition) is 5. The minimum atomic E-state index is -0.224. The van der Waals surface area contributed by atoms with Crippen molar-refractivity contribution < 1.29 is 9.53 Å². The summed E-state index contributed by atoms with van der Waals surface area (Å²) in [7, 11) is 0. The maximum atomic E-state index is 12.4. The Labute approximate surface area is 134 Å². The van der Waals surface area contributed by atoms with Crippen molar-refractivity contribution in [3.63, 3.8) is 0 Å². The van der Waals surface area contributed by atoms with Gasteiger partial charge in [0.05, 0.1) is 0 Å². The molecule has 2 aromatic rings. The fraction of sp³-hybridized carbons (Fsp3) is 0.562. The monoisotopic (exact) mass is 315 g/mol. The van der Waals surface area contributed by atoms with E-state index in [-0.39, 0.29) is 12.0 Å². The average molecular weight is 315 g/mol. The molecule has 7 heteroatoms. The lowest BCUT2D eigenvalue weighted by molar-refractivity contribution is -0.141. The third-order valence-electron chi connectivity index (χ3n) is 4.69. The molecule has 0 aromatic carbocycles. The van der Waals surface area contributed by atoms with Crippen molar-refractivity contribution in [2.75, 3.05) is 37.7 Å². The maximum Gasteiger partial charge on any atom is 0.251 e. The smallest absolute Gasteiger partial charge is 0.251 e. The first-order chi connectivity index (χ1) is 11.2. The number of anilines is 1. The third-order valence-corrected chi connectivity index (χ3v) is 4.69. The highest BCUT2D eigenvalue weighted by Crippen LogP contribution is 2.20. The van der Waals surface area contributed by atoms with Gasteiger partial charge in [0.1, 0.15) is 6.10 Å². The van der Waals surface area contributed by atoms with Gasteiger partial charge in [0.25, 0.3) is 5.91 Å². The predicted molar refractivity (Wildman–Crippen MR) is 85.5 cm³/mol. The van der Waals surface area contributed by atoms with Crippen LogP contribution in [-0.4, -0.2) is 64.3 Å². The molecular weight excluding hydrogens is 294 g/mol. The maximum absolute atomic E-state index is 12.4. The molecule has 0 N–H and O–H groups in total. The third kappa shape index (κ3) is 2.55. The van der Waals surface area contributed by atoms with Crippen molar-refractivity contribution in [2.45, 2.75) is 25.9 Å². The number of ether oxygens (including phenoxy) is 1. The summed E-state index contributed by atoms with van der Waals surface area (Å²) in [6, 6.07) is 6.00. The number of rotatable bonds is 2. The van der Waals surface area contributed by atoms with E-state index < -0.39 is 0 Å². The van der Waals surface area contributed by atoms with Gasteiger partial charge in [-0.15, -0.1) is 10.2 Å². The number of aromatic nitrogens is 3. The number of amides is 1. The largest absolute Gasteiger partial charge is 0.368 e. The first-order valence-electron chi connectivity index (χ1n) is 8.20. The summed E-state index contributed by atoms with van der Waals surface area (Å²) in [5, 5.41) is 8.58. The zero-order valence-electron chi connectivity index (χ0n) is 13.3.